The number of thiophene rings is 1. The minimum Gasteiger partial charge on any atom is -0.370 e. The summed E-state index contributed by atoms with van der Waals surface area (Å²) in [5.41, 5.74) is 6.00. The van der Waals surface area contributed by atoms with Crippen LogP contribution in [0.1, 0.15) is 20.3 Å². The number of aromatic nitrogens is 2. The Labute approximate surface area is 167 Å². The highest BCUT2D eigenvalue weighted by atomic mass is 32.1. The molecular formula is C20H23N5O2S. The van der Waals surface area contributed by atoms with Crippen molar-refractivity contribution in [3.63, 3.8) is 0 Å². The molecule has 0 aliphatic rings. The van der Waals surface area contributed by atoms with E-state index < -0.39 is 5.91 Å². The SMILES string of the molecule is C=Nc1c(N(C)C(C)C)nc(-c2csc3ccccc23)n(CCC(N)=O)c1=O. The summed E-state index contributed by atoms with van der Waals surface area (Å²) in [6, 6.07) is 8.05. The van der Waals surface area contributed by atoms with Crippen LogP contribution in [-0.2, 0) is 11.3 Å². The Morgan fingerprint density at radius 1 is 1.39 bits per heavy atom. The second kappa shape index (κ2) is 7.93. The topological polar surface area (TPSA) is 93.6 Å². The predicted octanol–water partition coefficient (Wildman–Crippen LogP) is 3.18. The van der Waals surface area contributed by atoms with E-state index in [0.717, 1.165) is 15.6 Å². The van der Waals surface area contributed by atoms with Gasteiger partial charge in [0.25, 0.3) is 5.56 Å². The first-order valence-corrected chi connectivity index (χ1v) is 9.82. The number of primary amides is 1. The maximum absolute atomic E-state index is 13.2. The van der Waals surface area contributed by atoms with E-state index in [1.807, 2.05) is 55.4 Å². The van der Waals surface area contributed by atoms with Gasteiger partial charge >= 0.3 is 0 Å². The Hall–Kier alpha value is -3.00. The average molecular weight is 398 g/mol. The molecule has 0 spiro atoms. The molecule has 0 fully saturated rings. The van der Waals surface area contributed by atoms with E-state index in [2.05, 4.69) is 11.7 Å². The first kappa shape index (κ1) is 19.8. The fourth-order valence-corrected chi connectivity index (χ4v) is 3.89. The van der Waals surface area contributed by atoms with Crippen LogP contribution in [0.3, 0.4) is 0 Å². The number of fused-ring (bicyclic) bond motifs is 1. The van der Waals surface area contributed by atoms with Gasteiger partial charge < -0.3 is 10.6 Å². The van der Waals surface area contributed by atoms with Crippen LogP contribution in [0, 0.1) is 0 Å². The van der Waals surface area contributed by atoms with Crippen molar-refractivity contribution in [3.8, 4) is 11.4 Å². The van der Waals surface area contributed by atoms with Gasteiger partial charge in [-0.05, 0) is 26.6 Å². The lowest BCUT2D eigenvalue weighted by atomic mass is 10.1. The largest absolute Gasteiger partial charge is 0.370 e. The molecule has 2 aromatic heterocycles. The molecule has 28 heavy (non-hydrogen) atoms. The maximum atomic E-state index is 13.2. The number of amides is 1. The summed E-state index contributed by atoms with van der Waals surface area (Å²) in [6.45, 7) is 7.70. The van der Waals surface area contributed by atoms with Gasteiger partial charge in [-0.15, -0.1) is 11.3 Å². The van der Waals surface area contributed by atoms with Crippen LogP contribution in [0.2, 0.25) is 0 Å². The molecule has 1 amide bonds. The highest BCUT2D eigenvalue weighted by Gasteiger charge is 2.22. The Morgan fingerprint density at radius 3 is 2.75 bits per heavy atom. The number of benzene rings is 1. The third-order valence-electron chi connectivity index (χ3n) is 4.70. The molecule has 1 aromatic carbocycles. The molecule has 0 saturated heterocycles. The molecule has 0 radical (unpaired) electrons. The minimum absolute atomic E-state index is 0.0343. The van der Waals surface area contributed by atoms with Crippen LogP contribution in [0.5, 0.6) is 0 Å². The van der Waals surface area contributed by atoms with Crippen LogP contribution in [0.25, 0.3) is 21.5 Å². The standard InChI is InChI=1S/C20H23N5O2S/c1-12(2)24(4)19-17(22-3)20(27)25(10-9-16(21)26)18(23-19)14-11-28-15-8-6-5-7-13(14)15/h5-8,11-12H,3,9-10H2,1-2,4H3,(H2,21,26). The lowest BCUT2D eigenvalue weighted by molar-refractivity contribution is -0.118. The molecule has 0 saturated carbocycles. The number of nitrogens with two attached hydrogens (primary N) is 1. The molecule has 0 unspecified atom stereocenters. The quantitative estimate of drug-likeness (QED) is 0.620. The van der Waals surface area contributed by atoms with Crippen molar-refractivity contribution < 1.29 is 4.79 Å². The number of nitrogens with zero attached hydrogens (tertiary/aromatic N) is 4. The third kappa shape index (κ3) is 3.55. The Balaban J connectivity index is 2.33. The highest BCUT2D eigenvalue weighted by molar-refractivity contribution is 7.17. The Morgan fingerprint density at radius 2 is 2.11 bits per heavy atom. The Kier molecular flexibility index (Phi) is 5.60. The molecule has 0 bridgehead atoms. The van der Waals surface area contributed by atoms with Crippen molar-refractivity contribution in [2.75, 3.05) is 11.9 Å². The molecule has 3 rings (SSSR count). The number of anilines is 1. The van der Waals surface area contributed by atoms with E-state index in [1.54, 1.807) is 11.3 Å². The summed E-state index contributed by atoms with van der Waals surface area (Å²) in [5, 5.41) is 2.98. The monoisotopic (exact) mass is 397 g/mol. The molecule has 2 N–H and O–H groups in total. The van der Waals surface area contributed by atoms with Gasteiger partial charge in [0.05, 0.1) is 0 Å². The normalized spacial score (nSPS) is 11.1. The minimum atomic E-state index is -0.482. The highest BCUT2D eigenvalue weighted by Crippen LogP contribution is 2.35. The van der Waals surface area contributed by atoms with Crippen LogP contribution in [0.4, 0.5) is 11.5 Å². The van der Waals surface area contributed by atoms with Gasteiger partial charge in [-0.1, -0.05) is 18.2 Å². The van der Waals surface area contributed by atoms with Crippen LogP contribution in [-0.4, -0.2) is 35.3 Å². The van der Waals surface area contributed by atoms with E-state index in [4.69, 9.17) is 10.7 Å². The molecule has 0 atom stereocenters. The summed E-state index contributed by atoms with van der Waals surface area (Å²) in [6.07, 6.45) is 0.0343. The molecule has 2 heterocycles. The van der Waals surface area contributed by atoms with Crippen LogP contribution >= 0.6 is 11.3 Å². The van der Waals surface area contributed by atoms with Crippen molar-refractivity contribution in [1.29, 1.82) is 0 Å². The van der Waals surface area contributed by atoms with E-state index in [0.29, 0.717) is 11.6 Å². The summed E-state index contributed by atoms with van der Waals surface area (Å²) >= 11 is 1.58. The molecule has 0 aliphatic carbocycles. The second-order valence-electron chi connectivity index (χ2n) is 6.79. The van der Waals surface area contributed by atoms with Crippen molar-refractivity contribution in [2.45, 2.75) is 32.9 Å². The Bertz CT molecular complexity index is 1100. The van der Waals surface area contributed by atoms with Gasteiger partial charge in [-0.25, -0.2) is 4.98 Å². The second-order valence-corrected chi connectivity index (χ2v) is 7.70. The van der Waals surface area contributed by atoms with Crippen molar-refractivity contribution >= 4 is 45.6 Å². The molecule has 146 valence electrons. The number of hydrogen-bond donors (Lipinski definition) is 1. The van der Waals surface area contributed by atoms with Crippen molar-refractivity contribution in [3.05, 3.63) is 40.0 Å². The van der Waals surface area contributed by atoms with Crippen molar-refractivity contribution in [2.24, 2.45) is 10.7 Å². The molecule has 0 aliphatic heterocycles. The first-order valence-electron chi connectivity index (χ1n) is 8.94. The fourth-order valence-electron chi connectivity index (χ4n) is 2.95. The van der Waals surface area contributed by atoms with Crippen LogP contribution < -0.4 is 16.2 Å². The number of aliphatic imine (C=N–C) groups is 1. The van der Waals surface area contributed by atoms with E-state index in [1.165, 1.54) is 4.57 Å². The molecule has 8 heteroatoms. The zero-order chi connectivity index (χ0) is 20.4. The fraction of sp³-hybridized carbons (Fsp3) is 0.300. The van der Waals surface area contributed by atoms with Gasteiger partial charge in [0.1, 0.15) is 5.82 Å². The van der Waals surface area contributed by atoms with E-state index in [-0.39, 0.29) is 30.3 Å². The lowest BCUT2D eigenvalue weighted by Crippen LogP contribution is -2.32. The number of rotatable bonds is 7. The van der Waals surface area contributed by atoms with Crippen LogP contribution in [0.15, 0.2) is 39.4 Å². The number of carbonyl (C=O) groups excluding carboxylic acids is 1. The molecule has 7 nitrogen and oxygen atoms in total. The van der Waals surface area contributed by atoms with E-state index >= 15 is 0 Å². The van der Waals surface area contributed by atoms with Gasteiger partial charge in [-0.2, -0.15) is 0 Å². The number of carbonyl (C=O) groups is 1. The zero-order valence-corrected chi connectivity index (χ0v) is 17.0. The van der Waals surface area contributed by atoms with Gasteiger partial charge in [0.15, 0.2) is 11.5 Å². The molecule has 3 aromatic rings. The van der Waals surface area contributed by atoms with Gasteiger partial charge in [-0.3, -0.25) is 19.1 Å². The van der Waals surface area contributed by atoms with Crippen molar-refractivity contribution in [1.82, 2.24) is 9.55 Å². The smallest absolute Gasteiger partial charge is 0.281 e. The number of hydrogen-bond acceptors (Lipinski definition) is 6. The average Bonchev–Trinajstić information content (AvgIpc) is 3.09. The van der Waals surface area contributed by atoms with Gasteiger partial charge in [0.2, 0.25) is 5.91 Å². The zero-order valence-electron chi connectivity index (χ0n) is 16.2. The summed E-state index contributed by atoms with van der Waals surface area (Å²) in [4.78, 5) is 35.2. The van der Waals surface area contributed by atoms with Gasteiger partial charge in [0, 0.05) is 47.1 Å². The first-order chi connectivity index (χ1) is 13.3. The maximum Gasteiger partial charge on any atom is 0.281 e. The summed E-state index contributed by atoms with van der Waals surface area (Å²) < 4.78 is 2.57. The predicted molar refractivity (Wildman–Crippen MR) is 116 cm³/mol. The lowest BCUT2D eigenvalue weighted by Gasteiger charge is -2.25. The summed E-state index contributed by atoms with van der Waals surface area (Å²) in [5.74, 6) is 0.485. The third-order valence-corrected chi connectivity index (χ3v) is 5.66. The molecular weight excluding hydrogens is 374 g/mol. The van der Waals surface area contributed by atoms with E-state index in [9.17, 15) is 9.59 Å². The summed E-state index contributed by atoms with van der Waals surface area (Å²) in [7, 11) is 1.87.